The lowest BCUT2D eigenvalue weighted by Crippen LogP contribution is -2.20. The van der Waals surface area contributed by atoms with Crippen molar-refractivity contribution in [1.82, 2.24) is 20.7 Å². The maximum Gasteiger partial charge on any atom is 0.295 e. The van der Waals surface area contributed by atoms with Gasteiger partial charge in [0, 0.05) is 22.7 Å². The highest BCUT2D eigenvalue weighted by Crippen LogP contribution is 2.18. The number of para-hydroxylation sites is 1. The van der Waals surface area contributed by atoms with Crippen LogP contribution in [0.1, 0.15) is 28.7 Å². The van der Waals surface area contributed by atoms with Crippen LogP contribution >= 0.6 is 0 Å². The van der Waals surface area contributed by atoms with Gasteiger partial charge in [-0.25, -0.2) is 10.1 Å². The Kier molecular flexibility index (Phi) is 3.23. The zero-order valence-corrected chi connectivity index (χ0v) is 11.5. The summed E-state index contributed by atoms with van der Waals surface area (Å²) >= 11 is 0. The average molecular weight is 283 g/mol. The largest absolute Gasteiger partial charge is 0.360 e. The van der Waals surface area contributed by atoms with Crippen molar-refractivity contribution in [2.75, 3.05) is 0 Å². The molecule has 2 heterocycles. The first-order valence-corrected chi connectivity index (χ1v) is 6.37. The number of H-pyrrole nitrogens is 1. The van der Waals surface area contributed by atoms with Crippen LogP contribution in [0.25, 0.3) is 10.9 Å². The van der Waals surface area contributed by atoms with Gasteiger partial charge in [-0.05, 0) is 25.1 Å². The van der Waals surface area contributed by atoms with Crippen LogP contribution in [-0.4, -0.2) is 26.9 Å². The molecule has 0 aliphatic carbocycles. The molecule has 1 aromatic carbocycles. The maximum atomic E-state index is 11.9. The van der Waals surface area contributed by atoms with Crippen molar-refractivity contribution in [1.29, 1.82) is 0 Å². The molecule has 106 valence electrons. The van der Waals surface area contributed by atoms with Crippen molar-refractivity contribution in [3.05, 3.63) is 47.4 Å². The van der Waals surface area contributed by atoms with Crippen molar-refractivity contribution in [2.24, 2.45) is 5.10 Å². The van der Waals surface area contributed by atoms with Crippen LogP contribution in [0.15, 0.2) is 40.2 Å². The SMILES string of the molecule is CC(=NNC(=O)c1nonc1C)c1c[nH]c2ccccc12. The summed E-state index contributed by atoms with van der Waals surface area (Å²) in [7, 11) is 0. The number of carbonyl (C=O) groups is 1. The molecule has 7 nitrogen and oxygen atoms in total. The number of hydrazone groups is 1. The molecule has 3 aromatic rings. The molecule has 0 atom stereocenters. The first-order valence-electron chi connectivity index (χ1n) is 6.37. The Labute approximate surface area is 120 Å². The third kappa shape index (κ3) is 2.40. The van der Waals surface area contributed by atoms with E-state index in [1.165, 1.54) is 0 Å². The van der Waals surface area contributed by atoms with Crippen LogP contribution in [0.5, 0.6) is 0 Å². The molecule has 0 aliphatic heterocycles. The number of hydrogen-bond acceptors (Lipinski definition) is 5. The van der Waals surface area contributed by atoms with Gasteiger partial charge in [-0.15, -0.1) is 0 Å². The molecule has 2 N–H and O–H groups in total. The Morgan fingerprint density at radius 3 is 2.90 bits per heavy atom. The van der Waals surface area contributed by atoms with E-state index in [1.54, 1.807) is 6.92 Å². The first-order chi connectivity index (χ1) is 10.2. The summed E-state index contributed by atoms with van der Waals surface area (Å²) in [5, 5.41) is 12.2. The highest BCUT2D eigenvalue weighted by molar-refractivity contribution is 6.10. The second-order valence-electron chi connectivity index (χ2n) is 4.58. The van der Waals surface area contributed by atoms with Crippen LogP contribution in [0.4, 0.5) is 0 Å². The van der Waals surface area contributed by atoms with Crippen molar-refractivity contribution >= 4 is 22.5 Å². The van der Waals surface area contributed by atoms with Gasteiger partial charge >= 0.3 is 0 Å². The summed E-state index contributed by atoms with van der Waals surface area (Å²) < 4.78 is 4.49. The topological polar surface area (TPSA) is 96.2 Å². The molecule has 0 saturated carbocycles. The molecule has 0 radical (unpaired) electrons. The second kappa shape index (κ2) is 5.20. The highest BCUT2D eigenvalue weighted by atomic mass is 16.6. The van der Waals surface area contributed by atoms with Gasteiger partial charge in [-0.1, -0.05) is 23.4 Å². The molecule has 0 spiro atoms. The summed E-state index contributed by atoms with van der Waals surface area (Å²) in [6, 6.07) is 7.88. The third-order valence-corrected chi connectivity index (χ3v) is 3.17. The van der Waals surface area contributed by atoms with Crippen molar-refractivity contribution in [2.45, 2.75) is 13.8 Å². The number of rotatable bonds is 3. The lowest BCUT2D eigenvalue weighted by atomic mass is 10.1. The third-order valence-electron chi connectivity index (χ3n) is 3.17. The second-order valence-corrected chi connectivity index (χ2v) is 4.58. The molecular weight excluding hydrogens is 270 g/mol. The number of aromatic amines is 1. The van der Waals surface area contributed by atoms with E-state index in [-0.39, 0.29) is 5.69 Å². The number of aromatic nitrogens is 3. The summed E-state index contributed by atoms with van der Waals surface area (Å²) in [6.45, 7) is 3.46. The summed E-state index contributed by atoms with van der Waals surface area (Å²) in [6.07, 6.45) is 1.86. The number of nitrogens with zero attached hydrogens (tertiary/aromatic N) is 3. The van der Waals surface area contributed by atoms with E-state index in [4.69, 9.17) is 0 Å². The molecule has 3 rings (SSSR count). The molecule has 0 unspecified atom stereocenters. The molecule has 21 heavy (non-hydrogen) atoms. The number of fused-ring (bicyclic) bond motifs is 1. The molecular formula is C14H13N5O2. The van der Waals surface area contributed by atoms with E-state index < -0.39 is 5.91 Å². The predicted molar refractivity (Wildman–Crippen MR) is 77.0 cm³/mol. The minimum atomic E-state index is -0.451. The Morgan fingerprint density at radius 2 is 2.14 bits per heavy atom. The zero-order valence-electron chi connectivity index (χ0n) is 11.5. The van der Waals surface area contributed by atoms with E-state index in [2.05, 4.69) is 30.5 Å². The highest BCUT2D eigenvalue weighted by Gasteiger charge is 2.14. The lowest BCUT2D eigenvalue weighted by molar-refractivity contribution is 0.0944. The quantitative estimate of drug-likeness (QED) is 0.567. The van der Waals surface area contributed by atoms with Crippen LogP contribution in [0, 0.1) is 6.92 Å². The number of nitrogens with one attached hydrogen (secondary N) is 2. The van der Waals surface area contributed by atoms with E-state index in [0.29, 0.717) is 11.4 Å². The van der Waals surface area contributed by atoms with Crippen LogP contribution in [0.3, 0.4) is 0 Å². The number of carbonyl (C=O) groups excluding carboxylic acids is 1. The molecule has 0 bridgehead atoms. The number of amides is 1. The van der Waals surface area contributed by atoms with E-state index in [9.17, 15) is 4.79 Å². The molecule has 7 heteroatoms. The fourth-order valence-corrected chi connectivity index (χ4v) is 2.06. The Morgan fingerprint density at radius 1 is 1.33 bits per heavy atom. The van der Waals surface area contributed by atoms with E-state index >= 15 is 0 Å². The normalized spacial score (nSPS) is 11.8. The van der Waals surface area contributed by atoms with Crippen LogP contribution in [-0.2, 0) is 0 Å². The van der Waals surface area contributed by atoms with Gasteiger partial charge in [-0.2, -0.15) is 5.10 Å². The van der Waals surface area contributed by atoms with Crippen LogP contribution < -0.4 is 5.43 Å². The molecule has 0 aliphatic rings. The zero-order chi connectivity index (χ0) is 14.8. The fourth-order valence-electron chi connectivity index (χ4n) is 2.06. The minimum absolute atomic E-state index is 0.130. The van der Waals surface area contributed by atoms with Gasteiger partial charge in [0.05, 0.1) is 5.71 Å². The first kappa shape index (κ1) is 13.0. The van der Waals surface area contributed by atoms with Crippen molar-refractivity contribution in [3.63, 3.8) is 0 Å². The molecule has 0 fully saturated rings. The Balaban J connectivity index is 1.83. The van der Waals surface area contributed by atoms with Crippen LogP contribution in [0.2, 0.25) is 0 Å². The van der Waals surface area contributed by atoms with E-state index in [1.807, 2.05) is 37.4 Å². The summed E-state index contributed by atoms with van der Waals surface area (Å²) in [5.74, 6) is -0.451. The average Bonchev–Trinajstić information content (AvgIpc) is 3.10. The standard InChI is InChI=1S/C14H13N5O2/c1-8(11-7-15-12-6-4-3-5-10(11)12)16-17-14(20)13-9(2)18-21-19-13/h3-7,15H,1-2H3,(H,17,20). The predicted octanol–water partition coefficient (Wildman–Crippen LogP) is 2.01. The number of hydrogen-bond donors (Lipinski definition) is 2. The maximum absolute atomic E-state index is 11.9. The number of benzene rings is 1. The molecule has 2 aromatic heterocycles. The van der Waals surface area contributed by atoms with Gasteiger partial charge in [-0.3, -0.25) is 4.79 Å². The summed E-state index contributed by atoms with van der Waals surface area (Å²) in [5.41, 5.74) is 5.64. The van der Waals surface area contributed by atoms with Gasteiger partial charge in [0.2, 0.25) is 0 Å². The van der Waals surface area contributed by atoms with Gasteiger partial charge in [0.1, 0.15) is 5.69 Å². The minimum Gasteiger partial charge on any atom is -0.360 e. The van der Waals surface area contributed by atoms with Crippen molar-refractivity contribution in [3.8, 4) is 0 Å². The van der Waals surface area contributed by atoms with E-state index in [0.717, 1.165) is 16.5 Å². The van der Waals surface area contributed by atoms with Gasteiger partial charge < -0.3 is 4.98 Å². The fraction of sp³-hybridized carbons (Fsp3) is 0.143. The number of aryl methyl sites for hydroxylation is 1. The van der Waals surface area contributed by atoms with Gasteiger partial charge in [0.15, 0.2) is 5.69 Å². The Hall–Kier alpha value is -2.96. The molecule has 1 amide bonds. The van der Waals surface area contributed by atoms with Crippen molar-refractivity contribution < 1.29 is 9.42 Å². The lowest BCUT2D eigenvalue weighted by Gasteiger charge is -2.00. The monoisotopic (exact) mass is 283 g/mol. The molecule has 0 saturated heterocycles. The van der Waals surface area contributed by atoms with Gasteiger partial charge in [0.25, 0.3) is 5.91 Å². The Bertz CT molecular complexity index is 831. The summed E-state index contributed by atoms with van der Waals surface area (Å²) in [4.78, 5) is 15.0. The smallest absolute Gasteiger partial charge is 0.295 e.